The molecule has 2 atom stereocenters. The SMILES string of the molecule is CC(O)[C@@H](NC(=O)c1ccccc1)C(=O)O. The lowest BCUT2D eigenvalue weighted by atomic mass is 10.1. The van der Waals surface area contributed by atoms with Gasteiger partial charge in [-0.2, -0.15) is 0 Å². The van der Waals surface area contributed by atoms with Gasteiger partial charge in [-0.3, -0.25) is 4.79 Å². The number of hydrogen-bond donors (Lipinski definition) is 3. The predicted octanol–water partition coefficient (Wildman–Crippen LogP) is 0.250. The second kappa shape index (κ2) is 5.27. The number of aliphatic hydroxyl groups excluding tert-OH is 1. The lowest BCUT2D eigenvalue weighted by molar-refractivity contribution is -0.141. The minimum atomic E-state index is -1.30. The number of carboxylic acids is 1. The van der Waals surface area contributed by atoms with Gasteiger partial charge < -0.3 is 15.5 Å². The Kier molecular flexibility index (Phi) is 4.02. The fourth-order valence-corrected chi connectivity index (χ4v) is 1.20. The smallest absolute Gasteiger partial charge is 0.328 e. The quantitative estimate of drug-likeness (QED) is 0.683. The first-order valence-corrected chi connectivity index (χ1v) is 4.79. The number of carboxylic acid groups (broad SMARTS) is 1. The molecule has 86 valence electrons. The van der Waals surface area contributed by atoms with Gasteiger partial charge in [-0.05, 0) is 19.1 Å². The van der Waals surface area contributed by atoms with Crippen molar-refractivity contribution in [3.8, 4) is 0 Å². The van der Waals surface area contributed by atoms with E-state index in [1.165, 1.54) is 6.92 Å². The van der Waals surface area contributed by atoms with Crippen LogP contribution in [0.25, 0.3) is 0 Å². The summed E-state index contributed by atoms with van der Waals surface area (Å²) < 4.78 is 0. The molecule has 0 fully saturated rings. The molecule has 0 saturated heterocycles. The van der Waals surface area contributed by atoms with E-state index in [9.17, 15) is 14.7 Å². The molecule has 16 heavy (non-hydrogen) atoms. The molecule has 0 aliphatic heterocycles. The molecule has 0 aliphatic carbocycles. The number of amides is 1. The van der Waals surface area contributed by atoms with Gasteiger partial charge in [-0.15, -0.1) is 0 Å². The highest BCUT2D eigenvalue weighted by Crippen LogP contribution is 2.00. The van der Waals surface area contributed by atoms with Gasteiger partial charge in [-0.1, -0.05) is 18.2 Å². The van der Waals surface area contributed by atoms with Crippen molar-refractivity contribution in [2.24, 2.45) is 0 Å². The summed E-state index contributed by atoms with van der Waals surface area (Å²) in [7, 11) is 0. The summed E-state index contributed by atoms with van der Waals surface area (Å²) in [5.74, 6) is -1.78. The first kappa shape index (κ1) is 12.2. The summed E-state index contributed by atoms with van der Waals surface area (Å²) in [6, 6.07) is 6.93. The van der Waals surface area contributed by atoms with Crippen LogP contribution >= 0.6 is 0 Å². The summed E-state index contributed by atoms with van der Waals surface area (Å²) in [6.45, 7) is 1.31. The van der Waals surface area contributed by atoms with Crippen LogP contribution in [0, 0.1) is 0 Å². The van der Waals surface area contributed by atoms with Crippen molar-refractivity contribution in [3.63, 3.8) is 0 Å². The van der Waals surface area contributed by atoms with E-state index in [-0.39, 0.29) is 0 Å². The third-order valence-corrected chi connectivity index (χ3v) is 2.07. The normalized spacial score (nSPS) is 13.9. The molecule has 1 unspecified atom stereocenters. The van der Waals surface area contributed by atoms with E-state index in [2.05, 4.69) is 5.32 Å². The van der Waals surface area contributed by atoms with Crippen LogP contribution < -0.4 is 5.32 Å². The van der Waals surface area contributed by atoms with Crippen molar-refractivity contribution in [1.29, 1.82) is 0 Å². The van der Waals surface area contributed by atoms with Crippen LogP contribution in [0.3, 0.4) is 0 Å². The van der Waals surface area contributed by atoms with Crippen molar-refractivity contribution in [3.05, 3.63) is 35.9 Å². The maximum atomic E-state index is 11.6. The Balaban J connectivity index is 2.74. The molecule has 0 bridgehead atoms. The van der Waals surface area contributed by atoms with Crippen molar-refractivity contribution in [1.82, 2.24) is 5.32 Å². The molecule has 0 saturated carbocycles. The molecule has 0 aromatic heterocycles. The highest BCUT2D eigenvalue weighted by atomic mass is 16.4. The van der Waals surface area contributed by atoms with E-state index in [4.69, 9.17) is 5.11 Å². The molecule has 0 radical (unpaired) electrons. The van der Waals surface area contributed by atoms with E-state index in [1.807, 2.05) is 0 Å². The molecule has 5 heteroatoms. The van der Waals surface area contributed by atoms with Crippen molar-refractivity contribution in [2.45, 2.75) is 19.1 Å². The predicted molar refractivity (Wildman–Crippen MR) is 57.0 cm³/mol. The Morgan fingerprint density at radius 3 is 2.25 bits per heavy atom. The van der Waals surface area contributed by atoms with Gasteiger partial charge in [-0.25, -0.2) is 4.79 Å². The van der Waals surface area contributed by atoms with Gasteiger partial charge in [0.15, 0.2) is 6.04 Å². The van der Waals surface area contributed by atoms with E-state index < -0.39 is 24.0 Å². The molecule has 5 nitrogen and oxygen atoms in total. The van der Waals surface area contributed by atoms with Crippen LogP contribution in [0.15, 0.2) is 30.3 Å². The summed E-state index contributed by atoms with van der Waals surface area (Å²) in [4.78, 5) is 22.3. The second-order valence-corrected chi connectivity index (χ2v) is 3.40. The van der Waals surface area contributed by atoms with Crippen molar-refractivity contribution < 1.29 is 19.8 Å². The largest absolute Gasteiger partial charge is 0.480 e. The van der Waals surface area contributed by atoms with Gasteiger partial charge >= 0.3 is 5.97 Å². The maximum Gasteiger partial charge on any atom is 0.328 e. The average molecular weight is 223 g/mol. The van der Waals surface area contributed by atoms with Crippen LogP contribution in [0.5, 0.6) is 0 Å². The third-order valence-electron chi connectivity index (χ3n) is 2.07. The summed E-state index contributed by atoms with van der Waals surface area (Å²) in [5.41, 5.74) is 0.356. The average Bonchev–Trinajstić information content (AvgIpc) is 2.25. The van der Waals surface area contributed by atoms with E-state index in [0.29, 0.717) is 5.56 Å². The molecular weight excluding hydrogens is 210 g/mol. The van der Waals surface area contributed by atoms with Crippen LogP contribution in [0.2, 0.25) is 0 Å². The third kappa shape index (κ3) is 3.06. The number of hydrogen-bond acceptors (Lipinski definition) is 3. The summed E-state index contributed by atoms with van der Waals surface area (Å²) in [6.07, 6.45) is -1.15. The van der Waals surface area contributed by atoms with E-state index >= 15 is 0 Å². The fraction of sp³-hybridized carbons (Fsp3) is 0.273. The maximum absolute atomic E-state index is 11.6. The number of carbonyl (C=O) groups is 2. The zero-order valence-electron chi connectivity index (χ0n) is 8.75. The minimum absolute atomic E-state index is 0.356. The lowest BCUT2D eigenvalue weighted by Crippen LogP contribution is -2.47. The lowest BCUT2D eigenvalue weighted by Gasteiger charge is -2.16. The zero-order chi connectivity index (χ0) is 12.1. The Hall–Kier alpha value is -1.88. The molecule has 1 aromatic carbocycles. The van der Waals surface area contributed by atoms with Crippen LogP contribution in [0.4, 0.5) is 0 Å². The molecule has 0 aliphatic rings. The molecule has 1 rings (SSSR count). The Labute approximate surface area is 92.7 Å². The zero-order valence-corrected chi connectivity index (χ0v) is 8.75. The Morgan fingerprint density at radius 2 is 1.81 bits per heavy atom. The van der Waals surface area contributed by atoms with Crippen molar-refractivity contribution >= 4 is 11.9 Å². The van der Waals surface area contributed by atoms with Crippen LogP contribution in [-0.2, 0) is 4.79 Å². The Morgan fingerprint density at radius 1 is 1.25 bits per heavy atom. The second-order valence-electron chi connectivity index (χ2n) is 3.40. The standard InChI is InChI=1S/C11H13NO4/c1-7(13)9(11(15)16)12-10(14)8-5-3-2-4-6-8/h2-7,9,13H,1H3,(H,12,14)(H,15,16)/t7?,9-/m1/s1. The van der Waals surface area contributed by atoms with E-state index in [0.717, 1.165) is 0 Å². The van der Waals surface area contributed by atoms with Gasteiger partial charge in [0.1, 0.15) is 0 Å². The Bertz CT molecular complexity index is 375. The molecular formula is C11H13NO4. The molecule has 0 spiro atoms. The minimum Gasteiger partial charge on any atom is -0.480 e. The highest BCUT2D eigenvalue weighted by molar-refractivity contribution is 5.96. The number of nitrogens with one attached hydrogen (secondary N) is 1. The van der Waals surface area contributed by atoms with E-state index in [1.54, 1.807) is 30.3 Å². The number of carbonyl (C=O) groups excluding carboxylic acids is 1. The highest BCUT2D eigenvalue weighted by Gasteiger charge is 2.25. The number of aliphatic hydroxyl groups is 1. The molecule has 0 heterocycles. The topological polar surface area (TPSA) is 86.6 Å². The van der Waals surface area contributed by atoms with Crippen molar-refractivity contribution in [2.75, 3.05) is 0 Å². The summed E-state index contributed by atoms with van der Waals surface area (Å²) >= 11 is 0. The summed E-state index contributed by atoms with van der Waals surface area (Å²) in [5, 5.41) is 20.2. The molecule has 1 amide bonds. The number of aliphatic carboxylic acids is 1. The number of benzene rings is 1. The number of rotatable bonds is 4. The van der Waals surface area contributed by atoms with Gasteiger partial charge in [0.05, 0.1) is 6.10 Å². The monoisotopic (exact) mass is 223 g/mol. The van der Waals surface area contributed by atoms with Crippen LogP contribution in [0.1, 0.15) is 17.3 Å². The molecule has 3 N–H and O–H groups in total. The van der Waals surface area contributed by atoms with Gasteiger partial charge in [0, 0.05) is 5.56 Å². The first-order valence-electron chi connectivity index (χ1n) is 4.79. The van der Waals surface area contributed by atoms with Crippen LogP contribution in [-0.4, -0.2) is 34.2 Å². The fourth-order valence-electron chi connectivity index (χ4n) is 1.20. The van der Waals surface area contributed by atoms with Gasteiger partial charge in [0.2, 0.25) is 0 Å². The molecule has 1 aromatic rings. The van der Waals surface area contributed by atoms with Gasteiger partial charge in [0.25, 0.3) is 5.91 Å². The first-order chi connectivity index (χ1) is 7.52.